The Hall–Kier alpha value is -1.05. The third kappa shape index (κ3) is 1.49. The van der Waals surface area contributed by atoms with Gasteiger partial charge in [0.2, 0.25) is 0 Å². The second-order valence-electron chi connectivity index (χ2n) is 4.65. The monoisotopic (exact) mass is 192 g/mol. The molecule has 2 nitrogen and oxygen atoms in total. The van der Waals surface area contributed by atoms with E-state index in [9.17, 15) is 4.79 Å². The Kier molecular flexibility index (Phi) is 2.22. The molecule has 1 fully saturated rings. The molecule has 0 amide bonds. The normalized spacial score (nSPS) is 32.8. The van der Waals surface area contributed by atoms with Crippen LogP contribution in [-0.2, 0) is 4.79 Å². The molecule has 2 aliphatic carbocycles. The Morgan fingerprint density at radius 2 is 2.29 bits per heavy atom. The maximum absolute atomic E-state index is 10.5. The minimum atomic E-state index is -0.801. The Balaban J connectivity index is 2.10. The number of allylic oxidation sites excluding steroid dienone is 3. The van der Waals surface area contributed by atoms with Crippen molar-refractivity contribution in [1.82, 2.24) is 0 Å². The highest BCUT2D eigenvalue weighted by Gasteiger charge is 2.39. The van der Waals surface area contributed by atoms with Crippen molar-refractivity contribution in [3.63, 3.8) is 0 Å². The number of aliphatic carboxylic acids is 1. The molecule has 0 aromatic rings. The molecule has 0 heterocycles. The van der Waals surface area contributed by atoms with Gasteiger partial charge in [-0.1, -0.05) is 31.1 Å². The number of carboxylic acid groups (broad SMARTS) is 1. The van der Waals surface area contributed by atoms with Gasteiger partial charge in [0.25, 0.3) is 0 Å². The fourth-order valence-electron chi connectivity index (χ4n) is 2.49. The molecule has 76 valence electrons. The summed E-state index contributed by atoms with van der Waals surface area (Å²) < 4.78 is 0. The van der Waals surface area contributed by atoms with E-state index in [0.717, 1.165) is 12.0 Å². The van der Waals surface area contributed by atoms with Crippen molar-refractivity contribution in [1.29, 1.82) is 0 Å². The predicted octanol–water partition coefficient (Wildman–Crippen LogP) is 2.62. The first kappa shape index (κ1) is 9.50. The molecule has 0 aliphatic heterocycles. The molecule has 0 spiro atoms. The van der Waals surface area contributed by atoms with Gasteiger partial charge >= 0.3 is 5.97 Å². The summed E-state index contributed by atoms with van der Waals surface area (Å²) >= 11 is 0. The smallest absolute Gasteiger partial charge is 0.328 e. The molecule has 0 radical (unpaired) electrons. The van der Waals surface area contributed by atoms with E-state index in [4.69, 9.17) is 5.11 Å². The lowest BCUT2D eigenvalue weighted by Crippen LogP contribution is -2.24. The van der Waals surface area contributed by atoms with Gasteiger partial charge in [0, 0.05) is 12.0 Å². The summed E-state index contributed by atoms with van der Waals surface area (Å²) in [4.78, 5) is 10.5. The lowest BCUT2D eigenvalue weighted by atomic mass is 9.71. The summed E-state index contributed by atoms with van der Waals surface area (Å²) in [7, 11) is 0. The van der Waals surface area contributed by atoms with E-state index in [0.29, 0.717) is 17.8 Å². The average Bonchev–Trinajstić information content (AvgIpc) is 2.39. The van der Waals surface area contributed by atoms with Crippen LogP contribution < -0.4 is 0 Å². The number of hydrogen-bond acceptors (Lipinski definition) is 1. The van der Waals surface area contributed by atoms with Gasteiger partial charge in [0.15, 0.2) is 0 Å². The molecule has 0 unspecified atom stereocenters. The molecule has 2 rings (SSSR count). The minimum Gasteiger partial charge on any atom is -0.478 e. The van der Waals surface area contributed by atoms with Crippen molar-refractivity contribution in [3.05, 3.63) is 23.3 Å². The van der Waals surface area contributed by atoms with Gasteiger partial charge in [-0.05, 0) is 24.7 Å². The molecule has 1 N–H and O–H groups in total. The summed E-state index contributed by atoms with van der Waals surface area (Å²) in [6.07, 6.45) is 5.84. The van der Waals surface area contributed by atoms with Crippen molar-refractivity contribution in [3.8, 4) is 0 Å². The topological polar surface area (TPSA) is 37.3 Å². The first-order valence-electron chi connectivity index (χ1n) is 5.22. The van der Waals surface area contributed by atoms with Crippen LogP contribution in [0.15, 0.2) is 23.3 Å². The van der Waals surface area contributed by atoms with Crippen LogP contribution in [0.4, 0.5) is 0 Å². The molecule has 2 aliphatic rings. The second-order valence-corrected chi connectivity index (χ2v) is 4.65. The van der Waals surface area contributed by atoms with Gasteiger partial charge in [-0.25, -0.2) is 4.79 Å². The summed E-state index contributed by atoms with van der Waals surface area (Å²) in [6, 6.07) is 0. The molecule has 1 saturated carbocycles. The SMILES string of the molecule is CC(C)C1=C[C@@H]2/C(=C\C(=O)O)C[C@@H]2C1. The van der Waals surface area contributed by atoms with E-state index < -0.39 is 5.97 Å². The Labute approximate surface area is 84.3 Å². The molecule has 2 atom stereocenters. The quantitative estimate of drug-likeness (QED) is 0.539. The Morgan fingerprint density at radius 3 is 2.86 bits per heavy atom. The van der Waals surface area contributed by atoms with Crippen molar-refractivity contribution in [2.45, 2.75) is 26.7 Å². The van der Waals surface area contributed by atoms with Crippen LogP contribution in [0.5, 0.6) is 0 Å². The average molecular weight is 192 g/mol. The van der Waals surface area contributed by atoms with Crippen LogP contribution in [-0.4, -0.2) is 11.1 Å². The third-order valence-corrected chi connectivity index (χ3v) is 3.38. The van der Waals surface area contributed by atoms with Crippen LogP contribution in [0.25, 0.3) is 0 Å². The van der Waals surface area contributed by atoms with Crippen LogP contribution >= 0.6 is 0 Å². The van der Waals surface area contributed by atoms with E-state index >= 15 is 0 Å². The largest absolute Gasteiger partial charge is 0.478 e. The van der Waals surface area contributed by atoms with E-state index in [1.54, 1.807) is 0 Å². The standard InChI is InChI=1S/C12H16O2/c1-7(2)8-3-9-4-10(6-12(13)14)11(9)5-8/h5-7,9,11H,3-4H2,1-2H3,(H,13,14)/b10-6-/t9-,11-/m0/s1. The van der Waals surface area contributed by atoms with E-state index in [-0.39, 0.29) is 0 Å². The minimum absolute atomic E-state index is 0.448. The van der Waals surface area contributed by atoms with E-state index in [2.05, 4.69) is 19.9 Å². The van der Waals surface area contributed by atoms with Gasteiger partial charge in [0.1, 0.15) is 0 Å². The Morgan fingerprint density at radius 1 is 1.57 bits per heavy atom. The zero-order valence-corrected chi connectivity index (χ0v) is 8.66. The summed E-state index contributed by atoms with van der Waals surface area (Å²) in [6.45, 7) is 4.41. The van der Waals surface area contributed by atoms with Crippen LogP contribution in [0.1, 0.15) is 26.7 Å². The molecule has 2 heteroatoms. The molecule has 0 saturated heterocycles. The highest BCUT2D eigenvalue weighted by atomic mass is 16.4. The first-order chi connectivity index (χ1) is 6.58. The number of hydrogen-bond donors (Lipinski definition) is 1. The lowest BCUT2D eigenvalue weighted by Gasteiger charge is -2.33. The molecular weight excluding hydrogens is 176 g/mol. The molecule has 0 aromatic carbocycles. The maximum atomic E-state index is 10.5. The van der Waals surface area contributed by atoms with Crippen molar-refractivity contribution in [2.24, 2.45) is 17.8 Å². The molecule has 0 aromatic heterocycles. The van der Waals surface area contributed by atoms with Gasteiger partial charge in [-0.2, -0.15) is 0 Å². The van der Waals surface area contributed by atoms with Crippen LogP contribution in [0, 0.1) is 17.8 Å². The zero-order valence-electron chi connectivity index (χ0n) is 8.66. The zero-order chi connectivity index (χ0) is 10.3. The fourth-order valence-corrected chi connectivity index (χ4v) is 2.49. The maximum Gasteiger partial charge on any atom is 0.328 e. The van der Waals surface area contributed by atoms with E-state index in [1.807, 2.05) is 0 Å². The Bertz CT molecular complexity index is 323. The summed E-state index contributed by atoms with van der Waals surface area (Å²) in [5.41, 5.74) is 2.62. The lowest BCUT2D eigenvalue weighted by molar-refractivity contribution is -0.131. The summed E-state index contributed by atoms with van der Waals surface area (Å²) in [5, 5.41) is 8.65. The van der Waals surface area contributed by atoms with Crippen molar-refractivity contribution < 1.29 is 9.90 Å². The molecule has 14 heavy (non-hydrogen) atoms. The highest BCUT2D eigenvalue weighted by molar-refractivity contribution is 5.81. The van der Waals surface area contributed by atoms with E-state index in [1.165, 1.54) is 18.1 Å². The predicted molar refractivity (Wildman–Crippen MR) is 54.9 cm³/mol. The van der Waals surface area contributed by atoms with Crippen molar-refractivity contribution >= 4 is 5.97 Å². The highest BCUT2D eigenvalue weighted by Crippen LogP contribution is 2.50. The fraction of sp³-hybridized carbons (Fsp3) is 0.583. The van der Waals surface area contributed by atoms with Crippen LogP contribution in [0.2, 0.25) is 0 Å². The van der Waals surface area contributed by atoms with Gasteiger partial charge < -0.3 is 5.11 Å². The number of carboxylic acids is 1. The van der Waals surface area contributed by atoms with Gasteiger partial charge in [0.05, 0.1) is 0 Å². The number of carbonyl (C=O) groups is 1. The number of rotatable bonds is 2. The first-order valence-corrected chi connectivity index (χ1v) is 5.22. The molecule has 0 bridgehead atoms. The summed E-state index contributed by atoms with van der Waals surface area (Å²) in [5.74, 6) is 0.970. The van der Waals surface area contributed by atoms with Gasteiger partial charge in [-0.3, -0.25) is 0 Å². The van der Waals surface area contributed by atoms with Crippen LogP contribution in [0.3, 0.4) is 0 Å². The molecular formula is C12H16O2. The number of fused-ring (bicyclic) bond motifs is 1. The van der Waals surface area contributed by atoms with Crippen molar-refractivity contribution in [2.75, 3.05) is 0 Å². The third-order valence-electron chi connectivity index (χ3n) is 3.38. The van der Waals surface area contributed by atoms with Gasteiger partial charge in [-0.15, -0.1) is 0 Å². The second kappa shape index (κ2) is 3.26.